The number of nitrogens with one attached hydrogen (secondary N) is 1. The number of aromatic nitrogens is 2. The van der Waals surface area contributed by atoms with Crippen LogP contribution in [-0.4, -0.2) is 35.6 Å². The molecule has 1 N–H and O–H groups in total. The second kappa shape index (κ2) is 7.51. The summed E-state index contributed by atoms with van der Waals surface area (Å²) in [5.41, 5.74) is 3.82. The molecule has 0 unspecified atom stereocenters. The monoisotopic (exact) mass is 320 g/mol. The summed E-state index contributed by atoms with van der Waals surface area (Å²) in [6.45, 7) is 3.61. The summed E-state index contributed by atoms with van der Waals surface area (Å²) in [5, 5.41) is 13.2. The average molecular weight is 320 g/mol. The molecular formula is C14H16N4O3S. The van der Waals surface area contributed by atoms with Crippen LogP contribution in [0.4, 0.5) is 5.13 Å². The van der Waals surface area contributed by atoms with Crippen LogP contribution in [0.15, 0.2) is 29.4 Å². The van der Waals surface area contributed by atoms with Gasteiger partial charge in [0.05, 0.1) is 13.7 Å². The largest absolute Gasteiger partial charge is 0.497 e. The molecule has 1 aromatic carbocycles. The molecule has 22 heavy (non-hydrogen) atoms. The molecule has 0 saturated carbocycles. The lowest BCUT2D eigenvalue weighted by Gasteiger charge is -2.00. The van der Waals surface area contributed by atoms with Crippen LogP contribution in [0.25, 0.3) is 10.6 Å². The first-order valence-electron chi connectivity index (χ1n) is 6.59. The highest BCUT2D eigenvalue weighted by Crippen LogP contribution is 2.28. The Morgan fingerprint density at radius 2 is 2.23 bits per heavy atom. The summed E-state index contributed by atoms with van der Waals surface area (Å²) in [6.07, 6.45) is 0. The van der Waals surface area contributed by atoms with Crippen molar-refractivity contribution >= 4 is 28.1 Å². The molecule has 2 aromatic rings. The Hall–Kier alpha value is -2.48. The van der Waals surface area contributed by atoms with Crippen molar-refractivity contribution in [1.29, 1.82) is 0 Å². The Morgan fingerprint density at radius 1 is 1.41 bits per heavy atom. The number of ether oxygens (including phenoxy) is 2. The molecule has 0 amide bonds. The topological polar surface area (TPSA) is 85.7 Å². The van der Waals surface area contributed by atoms with E-state index in [0.717, 1.165) is 16.3 Å². The Labute approximate surface area is 132 Å². The van der Waals surface area contributed by atoms with Gasteiger partial charge < -0.3 is 9.47 Å². The van der Waals surface area contributed by atoms with Gasteiger partial charge in [-0.2, -0.15) is 5.10 Å². The van der Waals surface area contributed by atoms with Crippen molar-refractivity contribution in [3.63, 3.8) is 0 Å². The minimum atomic E-state index is -0.465. The Morgan fingerprint density at radius 3 is 2.95 bits per heavy atom. The zero-order chi connectivity index (χ0) is 15.9. The van der Waals surface area contributed by atoms with Crippen LogP contribution >= 0.6 is 11.3 Å². The van der Waals surface area contributed by atoms with E-state index in [0.29, 0.717) is 11.7 Å². The number of carbonyl (C=O) groups excluding carboxylic acids is 1. The van der Waals surface area contributed by atoms with Gasteiger partial charge >= 0.3 is 5.97 Å². The lowest BCUT2D eigenvalue weighted by Crippen LogP contribution is -2.15. The number of hydrogen-bond acceptors (Lipinski definition) is 8. The molecular weight excluding hydrogens is 304 g/mol. The average Bonchev–Trinajstić information content (AvgIpc) is 3.02. The number of carbonyl (C=O) groups is 1. The van der Waals surface area contributed by atoms with Gasteiger partial charge in [0.2, 0.25) is 5.13 Å². The van der Waals surface area contributed by atoms with Crippen molar-refractivity contribution in [2.75, 3.05) is 19.1 Å². The van der Waals surface area contributed by atoms with E-state index in [1.807, 2.05) is 24.3 Å². The van der Waals surface area contributed by atoms with Gasteiger partial charge in [-0.15, -0.1) is 10.2 Å². The SMILES string of the molecule is CCOC(=O)/C(C)=N/Nc1nnc(-c2cccc(OC)c2)s1. The summed E-state index contributed by atoms with van der Waals surface area (Å²) in [7, 11) is 1.61. The molecule has 8 heteroatoms. The minimum absolute atomic E-state index is 0.222. The second-order valence-electron chi connectivity index (χ2n) is 4.17. The number of hydrazone groups is 1. The highest BCUT2D eigenvalue weighted by atomic mass is 32.1. The van der Waals surface area contributed by atoms with Crippen LogP contribution in [0.3, 0.4) is 0 Å². The van der Waals surface area contributed by atoms with E-state index < -0.39 is 5.97 Å². The third-order valence-electron chi connectivity index (χ3n) is 2.63. The Balaban J connectivity index is 2.08. The van der Waals surface area contributed by atoms with Crippen molar-refractivity contribution in [3.8, 4) is 16.3 Å². The molecule has 1 aromatic heterocycles. The number of methoxy groups -OCH3 is 1. The van der Waals surface area contributed by atoms with Gasteiger partial charge in [-0.1, -0.05) is 23.5 Å². The molecule has 0 aliphatic carbocycles. The van der Waals surface area contributed by atoms with Crippen LogP contribution in [0.2, 0.25) is 0 Å². The maximum absolute atomic E-state index is 11.4. The van der Waals surface area contributed by atoms with Crippen LogP contribution in [0.5, 0.6) is 5.75 Å². The van der Waals surface area contributed by atoms with E-state index in [-0.39, 0.29) is 5.71 Å². The van der Waals surface area contributed by atoms with E-state index in [9.17, 15) is 4.79 Å². The van der Waals surface area contributed by atoms with E-state index in [1.54, 1.807) is 21.0 Å². The predicted molar refractivity (Wildman–Crippen MR) is 85.3 cm³/mol. The molecule has 1 heterocycles. The number of hydrogen-bond donors (Lipinski definition) is 1. The second-order valence-corrected chi connectivity index (χ2v) is 5.15. The third-order valence-corrected chi connectivity index (χ3v) is 3.51. The third kappa shape index (κ3) is 4.01. The zero-order valence-electron chi connectivity index (χ0n) is 12.5. The molecule has 116 valence electrons. The highest BCUT2D eigenvalue weighted by molar-refractivity contribution is 7.18. The first-order valence-corrected chi connectivity index (χ1v) is 7.41. The van der Waals surface area contributed by atoms with Gasteiger partial charge in [0.15, 0.2) is 0 Å². The smallest absolute Gasteiger partial charge is 0.354 e. The van der Waals surface area contributed by atoms with Crippen LogP contribution in [0, 0.1) is 0 Å². The highest BCUT2D eigenvalue weighted by Gasteiger charge is 2.09. The van der Waals surface area contributed by atoms with Crippen molar-refractivity contribution in [2.45, 2.75) is 13.8 Å². The van der Waals surface area contributed by atoms with Crippen molar-refractivity contribution in [2.24, 2.45) is 5.10 Å². The van der Waals surface area contributed by atoms with Crippen LogP contribution in [0.1, 0.15) is 13.8 Å². The predicted octanol–water partition coefficient (Wildman–Crippen LogP) is 2.56. The van der Waals surface area contributed by atoms with Gasteiger partial charge in [0, 0.05) is 5.56 Å². The minimum Gasteiger partial charge on any atom is -0.497 e. The van der Waals surface area contributed by atoms with Crippen molar-refractivity contribution in [3.05, 3.63) is 24.3 Å². The van der Waals surface area contributed by atoms with Crippen LogP contribution < -0.4 is 10.2 Å². The molecule has 7 nitrogen and oxygen atoms in total. The van der Waals surface area contributed by atoms with Gasteiger partial charge in [-0.25, -0.2) is 4.79 Å². The maximum atomic E-state index is 11.4. The quantitative estimate of drug-likeness (QED) is 0.500. The molecule has 0 fully saturated rings. The van der Waals surface area contributed by atoms with Crippen molar-refractivity contribution in [1.82, 2.24) is 10.2 Å². The first kappa shape index (κ1) is 15.9. The van der Waals surface area contributed by atoms with E-state index >= 15 is 0 Å². The Bertz CT molecular complexity index is 684. The van der Waals surface area contributed by atoms with E-state index in [2.05, 4.69) is 20.7 Å². The fraction of sp³-hybridized carbons (Fsp3) is 0.286. The number of nitrogens with zero attached hydrogens (tertiary/aromatic N) is 3. The number of anilines is 1. The lowest BCUT2D eigenvalue weighted by molar-refractivity contribution is -0.135. The molecule has 0 atom stereocenters. The Kier molecular flexibility index (Phi) is 5.42. The standard InChI is InChI=1S/C14H16N4O3S/c1-4-21-13(19)9(2)15-17-14-18-16-12(22-14)10-6-5-7-11(8-10)20-3/h5-8H,4H2,1-3H3,(H,17,18)/b15-9+. The number of rotatable bonds is 6. The van der Waals surface area contributed by atoms with Gasteiger partial charge in [0.25, 0.3) is 0 Å². The summed E-state index contributed by atoms with van der Waals surface area (Å²) in [6, 6.07) is 7.53. The first-order chi connectivity index (χ1) is 10.6. The maximum Gasteiger partial charge on any atom is 0.354 e. The van der Waals surface area contributed by atoms with Gasteiger partial charge in [-0.05, 0) is 26.0 Å². The van der Waals surface area contributed by atoms with Gasteiger partial charge in [-0.3, -0.25) is 5.43 Å². The zero-order valence-corrected chi connectivity index (χ0v) is 13.3. The lowest BCUT2D eigenvalue weighted by atomic mass is 10.2. The summed E-state index contributed by atoms with van der Waals surface area (Å²) in [4.78, 5) is 11.4. The molecule has 0 bridgehead atoms. The fourth-order valence-corrected chi connectivity index (χ4v) is 2.24. The number of benzene rings is 1. The van der Waals surface area contributed by atoms with E-state index in [1.165, 1.54) is 11.3 Å². The summed E-state index contributed by atoms with van der Waals surface area (Å²) < 4.78 is 10.0. The normalized spacial score (nSPS) is 11.1. The molecule has 0 saturated heterocycles. The fourth-order valence-electron chi connectivity index (χ4n) is 1.55. The van der Waals surface area contributed by atoms with Crippen molar-refractivity contribution < 1.29 is 14.3 Å². The van der Waals surface area contributed by atoms with Crippen LogP contribution in [-0.2, 0) is 9.53 Å². The summed E-state index contributed by atoms with van der Waals surface area (Å²) >= 11 is 1.32. The molecule has 0 spiro atoms. The summed E-state index contributed by atoms with van der Waals surface area (Å²) in [5.74, 6) is 0.283. The molecule has 0 radical (unpaired) electrons. The number of esters is 1. The molecule has 0 aliphatic heterocycles. The van der Waals surface area contributed by atoms with Gasteiger partial charge in [0.1, 0.15) is 16.5 Å². The molecule has 2 rings (SSSR count). The van der Waals surface area contributed by atoms with E-state index in [4.69, 9.17) is 9.47 Å². The molecule has 0 aliphatic rings.